The molecule has 28 heavy (non-hydrogen) atoms. The van der Waals surface area contributed by atoms with Gasteiger partial charge in [-0.15, -0.1) is 0 Å². The van der Waals surface area contributed by atoms with Gasteiger partial charge in [0.1, 0.15) is 5.69 Å². The molecule has 3 rings (SSSR count). The lowest BCUT2D eigenvalue weighted by atomic mass is 10.1. The molecule has 0 saturated heterocycles. The maximum Gasteiger partial charge on any atom is 0.274 e. The third-order valence-electron chi connectivity index (χ3n) is 4.52. The average Bonchev–Trinajstić information content (AvgIpc) is 2.75. The minimum Gasteiger partial charge on any atom is -0.320 e. The summed E-state index contributed by atoms with van der Waals surface area (Å²) >= 11 is 0. The van der Waals surface area contributed by atoms with Gasteiger partial charge in [-0.1, -0.05) is 43.3 Å². The molecule has 0 aliphatic rings. The summed E-state index contributed by atoms with van der Waals surface area (Å²) in [6.07, 6.45) is 2.30. The Balaban J connectivity index is 1.83. The number of anilines is 2. The van der Waals surface area contributed by atoms with Crippen molar-refractivity contribution in [3.63, 3.8) is 0 Å². The highest BCUT2D eigenvalue weighted by Gasteiger charge is 2.18. The third-order valence-corrected chi connectivity index (χ3v) is 4.52. The monoisotopic (exact) mass is 373 g/mol. The van der Waals surface area contributed by atoms with Gasteiger partial charge in [0, 0.05) is 29.7 Å². The molecular formula is C23H23N3O2. The zero-order chi connectivity index (χ0) is 19.9. The predicted molar refractivity (Wildman–Crippen MR) is 112 cm³/mol. The number of nitrogens with zero attached hydrogens (tertiary/aromatic N) is 2. The molecule has 142 valence electrons. The van der Waals surface area contributed by atoms with Gasteiger partial charge in [0.15, 0.2) is 0 Å². The van der Waals surface area contributed by atoms with Crippen molar-refractivity contribution in [2.24, 2.45) is 0 Å². The number of para-hydroxylation sites is 2. The van der Waals surface area contributed by atoms with Crippen molar-refractivity contribution in [1.29, 1.82) is 0 Å². The van der Waals surface area contributed by atoms with E-state index in [1.54, 1.807) is 11.0 Å². The zero-order valence-corrected chi connectivity index (χ0v) is 16.1. The second-order valence-electron chi connectivity index (χ2n) is 6.28. The van der Waals surface area contributed by atoms with Crippen LogP contribution in [0.25, 0.3) is 0 Å². The molecule has 2 aromatic carbocycles. The van der Waals surface area contributed by atoms with Crippen LogP contribution in [-0.2, 0) is 6.42 Å². The van der Waals surface area contributed by atoms with Gasteiger partial charge in [-0.05, 0) is 49.2 Å². The molecule has 5 nitrogen and oxygen atoms in total. The van der Waals surface area contributed by atoms with Crippen molar-refractivity contribution in [2.75, 3.05) is 16.8 Å². The quantitative estimate of drug-likeness (QED) is 0.689. The van der Waals surface area contributed by atoms with Crippen LogP contribution in [0, 0.1) is 0 Å². The molecule has 0 radical (unpaired) electrons. The lowest BCUT2D eigenvalue weighted by Gasteiger charge is -2.21. The predicted octanol–water partition coefficient (Wildman–Crippen LogP) is 4.56. The number of pyridine rings is 1. The van der Waals surface area contributed by atoms with Gasteiger partial charge in [0.2, 0.25) is 0 Å². The van der Waals surface area contributed by atoms with E-state index in [-0.39, 0.29) is 17.5 Å². The maximum atomic E-state index is 13.0. The van der Waals surface area contributed by atoms with Crippen molar-refractivity contribution in [2.45, 2.75) is 20.3 Å². The van der Waals surface area contributed by atoms with E-state index in [9.17, 15) is 9.59 Å². The summed E-state index contributed by atoms with van der Waals surface area (Å²) in [4.78, 5) is 31.5. The number of hydrogen-bond acceptors (Lipinski definition) is 3. The van der Waals surface area contributed by atoms with Gasteiger partial charge in [0.25, 0.3) is 11.8 Å². The average molecular weight is 373 g/mol. The summed E-state index contributed by atoms with van der Waals surface area (Å²) in [6, 6.07) is 20.3. The first-order valence-electron chi connectivity index (χ1n) is 9.36. The van der Waals surface area contributed by atoms with Gasteiger partial charge in [-0.25, -0.2) is 0 Å². The molecule has 1 N–H and O–H groups in total. The number of aryl methyl sites for hydroxylation is 1. The van der Waals surface area contributed by atoms with Gasteiger partial charge in [-0.3, -0.25) is 14.6 Å². The molecule has 0 aliphatic heterocycles. The number of carbonyl (C=O) groups is 2. The fourth-order valence-corrected chi connectivity index (χ4v) is 3.03. The molecule has 0 saturated carbocycles. The number of nitrogens with one attached hydrogen (secondary N) is 1. The fraction of sp³-hybridized carbons (Fsp3) is 0.174. The van der Waals surface area contributed by atoms with Crippen LogP contribution in [0.1, 0.15) is 40.3 Å². The Kier molecular flexibility index (Phi) is 6.17. The van der Waals surface area contributed by atoms with Crippen LogP contribution in [0.5, 0.6) is 0 Å². The number of carbonyl (C=O) groups excluding carboxylic acids is 2. The first-order valence-corrected chi connectivity index (χ1v) is 9.36. The number of aromatic nitrogens is 1. The second kappa shape index (κ2) is 8.95. The molecule has 1 aromatic heterocycles. The van der Waals surface area contributed by atoms with E-state index < -0.39 is 0 Å². The molecule has 1 heterocycles. The second-order valence-corrected chi connectivity index (χ2v) is 6.28. The largest absolute Gasteiger partial charge is 0.320 e. The normalized spacial score (nSPS) is 10.4. The molecule has 5 heteroatoms. The fourth-order valence-electron chi connectivity index (χ4n) is 3.03. The standard InChI is InChI=1S/C23H23N3O2/c1-3-17-10-8-9-13-20(17)25-22(27)21-16-18(14-15-24-21)23(28)26(4-2)19-11-6-5-7-12-19/h5-16H,3-4H2,1-2H3,(H,25,27). The Morgan fingerprint density at radius 2 is 1.68 bits per heavy atom. The van der Waals surface area contributed by atoms with Crippen molar-refractivity contribution >= 4 is 23.2 Å². The SMILES string of the molecule is CCc1ccccc1NC(=O)c1cc(C(=O)N(CC)c2ccccc2)ccn1. The Morgan fingerprint density at radius 1 is 0.964 bits per heavy atom. The van der Waals surface area contributed by atoms with E-state index in [0.29, 0.717) is 12.1 Å². The zero-order valence-electron chi connectivity index (χ0n) is 16.1. The molecule has 0 spiro atoms. The van der Waals surface area contributed by atoms with E-state index >= 15 is 0 Å². The summed E-state index contributed by atoms with van der Waals surface area (Å²) in [5.41, 5.74) is 3.25. The number of amides is 2. The van der Waals surface area contributed by atoms with E-state index in [1.807, 2.05) is 68.4 Å². The van der Waals surface area contributed by atoms with Crippen LogP contribution in [0.3, 0.4) is 0 Å². The summed E-state index contributed by atoms with van der Waals surface area (Å²) in [5, 5.41) is 2.89. The van der Waals surface area contributed by atoms with Crippen molar-refractivity contribution in [3.05, 3.63) is 89.7 Å². The molecule has 0 bridgehead atoms. The summed E-state index contributed by atoms with van der Waals surface area (Å²) in [5.74, 6) is -0.502. The molecule has 0 fully saturated rings. The van der Waals surface area contributed by atoms with Gasteiger partial charge in [-0.2, -0.15) is 0 Å². The van der Waals surface area contributed by atoms with Crippen LogP contribution in [0.15, 0.2) is 72.9 Å². The van der Waals surface area contributed by atoms with E-state index in [1.165, 1.54) is 12.3 Å². The van der Waals surface area contributed by atoms with Crippen molar-refractivity contribution < 1.29 is 9.59 Å². The molecule has 0 unspecified atom stereocenters. The molecule has 0 atom stereocenters. The lowest BCUT2D eigenvalue weighted by Crippen LogP contribution is -2.31. The Hall–Kier alpha value is -3.47. The molecule has 2 amide bonds. The van der Waals surface area contributed by atoms with E-state index in [0.717, 1.165) is 23.4 Å². The Morgan fingerprint density at radius 3 is 2.39 bits per heavy atom. The van der Waals surface area contributed by atoms with Gasteiger partial charge in [0.05, 0.1) is 0 Å². The number of hydrogen-bond donors (Lipinski definition) is 1. The van der Waals surface area contributed by atoms with Gasteiger partial charge >= 0.3 is 0 Å². The summed E-state index contributed by atoms with van der Waals surface area (Å²) < 4.78 is 0. The van der Waals surface area contributed by atoms with Crippen molar-refractivity contribution in [3.8, 4) is 0 Å². The van der Waals surface area contributed by atoms with Crippen LogP contribution >= 0.6 is 0 Å². The molecule has 3 aromatic rings. The minimum absolute atomic E-state index is 0.167. The first-order chi connectivity index (χ1) is 13.6. The highest BCUT2D eigenvalue weighted by Crippen LogP contribution is 2.19. The topological polar surface area (TPSA) is 62.3 Å². The van der Waals surface area contributed by atoms with Crippen LogP contribution in [-0.4, -0.2) is 23.3 Å². The summed E-state index contributed by atoms with van der Waals surface area (Å²) in [6.45, 7) is 4.48. The highest BCUT2D eigenvalue weighted by molar-refractivity contribution is 6.09. The van der Waals surface area contributed by atoms with Gasteiger partial charge < -0.3 is 10.2 Å². The lowest BCUT2D eigenvalue weighted by molar-refractivity contribution is 0.0988. The van der Waals surface area contributed by atoms with Crippen LogP contribution in [0.4, 0.5) is 11.4 Å². The Labute approximate surface area is 165 Å². The Bertz CT molecular complexity index is 970. The first kappa shape index (κ1) is 19.3. The number of benzene rings is 2. The smallest absolute Gasteiger partial charge is 0.274 e. The van der Waals surface area contributed by atoms with E-state index in [4.69, 9.17) is 0 Å². The minimum atomic E-state index is -0.335. The highest BCUT2D eigenvalue weighted by atomic mass is 16.2. The molecular weight excluding hydrogens is 350 g/mol. The maximum absolute atomic E-state index is 13.0. The third kappa shape index (κ3) is 4.26. The van der Waals surface area contributed by atoms with Crippen LogP contribution < -0.4 is 10.2 Å². The number of rotatable bonds is 6. The van der Waals surface area contributed by atoms with E-state index in [2.05, 4.69) is 10.3 Å². The molecule has 0 aliphatic carbocycles. The van der Waals surface area contributed by atoms with Crippen molar-refractivity contribution in [1.82, 2.24) is 4.98 Å². The summed E-state index contributed by atoms with van der Waals surface area (Å²) in [7, 11) is 0. The van der Waals surface area contributed by atoms with Crippen LogP contribution in [0.2, 0.25) is 0 Å².